The van der Waals surface area contributed by atoms with Crippen LogP contribution in [0.1, 0.15) is 25.7 Å². The summed E-state index contributed by atoms with van der Waals surface area (Å²) in [5, 5.41) is 20.9. The number of nitrogens with one attached hydrogen (secondary N) is 1. The maximum atomic E-state index is 12.2. The van der Waals surface area contributed by atoms with Crippen LogP contribution >= 0.6 is 11.8 Å². The molecule has 1 fully saturated rings. The summed E-state index contributed by atoms with van der Waals surface area (Å²) < 4.78 is 6.97. The zero-order chi connectivity index (χ0) is 17.7. The molecule has 0 unspecified atom stereocenters. The Kier molecular flexibility index (Phi) is 5.24. The average Bonchev–Trinajstić information content (AvgIpc) is 3.30. The first-order valence-electron chi connectivity index (χ1n) is 8.05. The lowest BCUT2D eigenvalue weighted by molar-refractivity contribution is -0.119. The molecule has 1 aliphatic rings. The number of hydrogen-bond acceptors (Lipinski definition) is 6. The number of thioether (sulfide) groups is 1. The highest BCUT2D eigenvalue weighted by Crippen LogP contribution is 2.29. The lowest BCUT2D eigenvalue weighted by Crippen LogP contribution is -2.45. The molecule has 130 valence electrons. The van der Waals surface area contributed by atoms with Gasteiger partial charge in [0.1, 0.15) is 17.6 Å². The van der Waals surface area contributed by atoms with Crippen molar-refractivity contribution in [3.05, 3.63) is 30.6 Å². The molecule has 1 saturated carbocycles. The lowest BCUT2D eigenvalue weighted by atomic mass is 10.0. The number of rotatable bonds is 6. The van der Waals surface area contributed by atoms with Gasteiger partial charge in [0.05, 0.1) is 18.9 Å². The highest BCUT2D eigenvalue weighted by Gasteiger charge is 2.35. The second kappa shape index (κ2) is 7.57. The third kappa shape index (κ3) is 3.94. The first-order valence-corrected chi connectivity index (χ1v) is 9.04. The molecule has 8 heteroatoms. The van der Waals surface area contributed by atoms with Crippen LogP contribution in [0.25, 0.3) is 5.69 Å². The van der Waals surface area contributed by atoms with Gasteiger partial charge in [0.2, 0.25) is 5.91 Å². The van der Waals surface area contributed by atoms with E-state index in [2.05, 4.69) is 21.6 Å². The Morgan fingerprint density at radius 3 is 2.76 bits per heavy atom. The molecule has 25 heavy (non-hydrogen) atoms. The van der Waals surface area contributed by atoms with E-state index in [1.807, 2.05) is 28.8 Å². The molecule has 1 N–H and O–H groups in total. The second-order valence-electron chi connectivity index (χ2n) is 5.92. The van der Waals surface area contributed by atoms with Crippen LogP contribution in [0, 0.1) is 11.3 Å². The molecule has 0 aliphatic heterocycles. The number of methoxy groups -OCH3 is 1. The number of carbonyl (C=O) groups excluding carboxylic acids is 1. The molecule has 2 aromatic rings. The number of aromatic nitrogens is 3. The molecular formula is C17H19N5O2S. The van der Waals surface area contributed by atoms with Gasteiger partial charge in [-0.2, -0.15) is 5.26 Å². The Balaban J connectivity index is 1.63. The fourth-order valence-corrected chi connectivity index (χ4v) is 3.65. The summed E-state index contributed by atoms with van der Waals surface area (Å²) >= 11 is 1.30. The summed E-state index contributed by atoms with van der Waals surface area (Å²) in [7, 11) is 1.62. The van der Waals surface area contributed by atoms with E-state index >= 15 is 0 Å². The standard InChI is InChI=1S/C17H19N5O2S/c1-24-14-6-4-13(5-7-14)22-12-19-21-16(22)25-10-15(23)20-17(11-18)8-2-3-9-17/h4-7,12H,2-3,8-10H2,1H3,(H,20,23). The fraction of sp³-hybridized carbons (Fsp3) is 0.412. The molecule has 0 bridgehead atoms. The van der Waals surface area contributed by atoms with E-state index in [4.69, 9.17) is 4.74 Å². The lowest BCUT2D eigenvalue weighted by Gasteiger charge is -2.21. The van der Waals surface area contributed by atoms with Crippen LogP contribution in [0.2, 0.25) is 0 Å². The van der Waals surface area contributed by atoms with E-state index in [9.17, 15) is 10.1 Å². The minimum atomic E-state index is -0.693. The Labute approximate surface area is 150 Å². The summed E-state index contributed by atoms with van der Waals surface area (Å²) in [5.41, 5.74) is 0.194. The Morgan fingerprint density at radius 2 is 2.12 bits per heavy atom. The summed E-state index contributed by atoms with van der Waals surface area (Å²) in [4.78, 5) is 12.2. The summed E-state index contributed by atoms with van der Waals surface area (Å²) in [6.45, 7) is 0. The van der Waals surface area contributed by atoms with Crippen LogP contribution in [-0.4, -0.2) is 39.1 Å². The molecule has 0 saturated heterocycles. The van der Waals surface area contributed by atoms with Gasteiger partial charge in [-0.3, -0.25) is 9.36 Å². The van der Waals surface area contributed by atoms with Crippen molar-refractivity contribution in [1.82, 2.24) is 20.1 Å². The topological polar surface area (TPSA) is 92.8 Å². The maximum Gasteiger partial charge on any atom is 0.231 e. The van der Waals surface area contributed by atoms with E-state index in [1.54, 1.807) is 13.4 Å². The summed E-state index contributed by atoms with van der Waals surface area (Å²) in [5.74, 6) is 0.805. The number of benzene rings is 1. The smallest absolute Gasteiger partial charge is 0.231 e. The number of hydrogen-bond donors (Lipinski definition) is 1. The van der Waals surface area contributed by atoms with Gasteiger partial charge in [0.15, 0.2) is 5.16 Å². The van der Waals surface area contributed by atoms with Crippen molar-refractivity contribution in [1.29, 1.82) is 5.26 Å². The largest absolute Gasteiger partial charge is 0.497 e. The van der Waals surface area contributed by atoms with Crippen LogP contribution in [0.4, 0.5) is 0 Å². The Bertz CT molecular complexity index is 775. The van der Waals surface area contributed by atoms with Crippen LogP contribution in [0.5, 0.6) is 5.75 Å². The van der Waals surface area contributed by atoms with Gasteiger partial charge in [-0.1, -0.05) is 11.8 Å². The highest BCUT2D eigenvalue weighted by atomic mass is 32.2. The number of carbonyl (C=O) groups is 1. The van der Waals surface area contributed by atoms with E-state index < -0.39 is 5.54 Å². The van der Waals surface area contributed by atoms with Gasteiger partial charge in [0, 0.05) is 5.69 Å². The Morgan fingerprint density at radius 1 is 1.40 bits per heavy atom. The molecule has 1 aliphatic carbocycles. The Hall–Kier alpha value is -2.53. The molecule has 7 nitrogen and oxygen atoms in total. The van der Waals surface area contributed by atoms with E-state index in [0.29, 0.717) is 5.16 Å². The molecule has 1 aromatic heterocycles. The van der Waals surface area contributed by atoms with E-state index in [0.717, 1.165) is 37.1 Å². The van der Waals surface area contributed by atoms with E-state index in [1.165, 1.54) is 11.8 Å². The van der Waals surface area contributed by atoms with Gasteiger partial charge >= 0.3 is 0 Å². The average molecular weight is 357 g/mol. The van der Waals surface area contributed by atoms with Crippen LogP contribution in [0.15, 0.2) is 35.7 Å². The van der Waals surface area contributed by atoms with Crippen molar-refractivity contribution in [3.63, 3.8) is 0 Å². The molecule has 0 atom stereocenters. The predicted octanol–water partition coefficient (Wildman–Crippen LogP) is 2.32. The molecule has 1 amide bonds. The fourth-order valence-electron chi connectivity index (χ4n) is 2.92. The molecular weight excluding hydrogens is 338 g/mol. The van der Waals surface area contributed by atoms with Crippen molar-refractivity contribution in [2.45, 2.75) is 36.4 Å². The quantitative estimate of drug-likeness (QED) is 0.798. The monoisotopic (exact) mass is 357 g/mol. The first kappa shape index (κ1) is 17.3. The van der Waals surface area contributed by atoms with Gasteiger partial charge in [0.25, 0.3) is 0 Å². The minimum Gasteiger partial charge on any atom is -0.497 e. The van der Waals surface area contributed by atoms with Crippen molar-refractivity contribution in [2.75, 3.05) is 12.9 Å². The molecule has 0 spiro atoms. The van der Waals surface area contributed by atoms with Crippen molar-refractivity contribution in [3.8, 4) is 17.5 Å². The van der Waals surface area contributed by atoms with Crippen molar-refractivity contribution >= 4 is 17.7 Å². The van der Waals surface area contributed by atoms with Crippen molar-refractivity contribution < 1.29 is 9.53 Å². The number of nitriles is 1. The second-order valence-corrected chi connectivity index (χ2v) is 6.86. The van der Waals surface area contributed by atoms with Crippen LogP contribution in [-0.2, 0) is 4.79 Å². The predicted molar refractivity (Wildman–Crippen MR) is 93.6 cm³/mol. The molecule has 1 heterocycles. The first-order chi connectivity index (χ1) is 12.2. The molecule has 1 aromatic carbocycles. The third-order valence-corrected chi connectivity index (χ3v) is 5.19. The van der Waals surface area contributed by atoms with Gasteiger partial charge in [-0.05, 0) is 49.9 Å². The molecule has 3 rings (SSSR count). The minimum absolute atomic E-state index is 0.155. The van der Waals surface area contributed by atoms with Crippen molar-refractivity contribution in [2.24, 2.45) is 0 Å². The molecule has 0 radical (unpaired) electrons. The van der Waals surface area contributed by atoms with Gasteiger partial charge < -0.3 is 10.1 Å². The van der Waals surface area contributed by atoms with Gasteiger partial charge in [-0.25, -0.2) is 0 Å². The SMILES string of the molecule is COc1ccc(-n2cnnc2SCC(=O)NC2(C#N)CCCC2)cc1. The van der Waals surface area contributed by atoms with E-state index in [-0.39, 0.29) is 11.7 Å². The highest BCUT2D eigenvalue weighted by molar-refractivity contribution is 7.99. The number of amides is 1. The summed E-state index contributed by atoms with van der Waals surface area (Å²) in [6.07, 6.45) is 5.01. The van der Waals surface area contributed by atoms with Crippen LogP contribution in [0.3, 0.4) is 0 Å². The van der Waals surface area contributed by atoms with Crippen LogP contribution < -0.4 is 10.1 Å². The normalized spacial score (nSPS) is 15.5. The zero-order valence-electron chi connectivity index (χ0n) is 13.9. The zero-order valence-corrected chi connectivity index (χ0v) is 14.8. The number of nitrogens with zero attached hydrogens (tertiary/aromatic N) is 4. The third-order valence-electron chi connectivity index (χ3n) is 4.25. The maximum absolute atomic E-state index is 12.2. The summed E-state index contributed by atoms with van der Waals surface area (Å²) in [6, 6.07) is 9.77. The number of ether oxygens (including phenoxy) is 1. The van der Waals surface area contributed by atoms with Gasteiger partial charge in [-0.15, -0.1) is 10.2 Å².